The molecule has 178 valence electrons. The zero-order valence-corrected chi connectivity index (χ0v) is 21.4. The van der Waals surface area contributed by atoms with Crippen molar-refractivity contribution in [1.29, 1.82) is 0 Å². The van der Waals surface area contributed by atoms with Crippen LogP contribution in [-0.4, -0.2) is 66.2 Å². The van der Waals surface area contributed by atoms with Gasteiger partial charge < -0.3 is 14.4 Å². The number of thiophene rings is 1. The quantitative estimate of drug-likeness (QED) is 0.514. The number of fused-ring (bicyclic) bond motifs is 1. The molecule has 1 aliphatic heterocycles. The van der Waals surface area contributed by atoms with Gasteiger partial charge in [-0.3, -0.25) is 9.69 Å². The van der Waals surface area contributed by atoms with Crippen molar-refractivity contribution in [1.82, 2.24) is 19.4 Å². The first-order valence-corrected chi connectivity index (χ1v) is 12.8. The molecule has 0 unspecified atom stereocenters. The number of anilines is 1. The van der Waals surface area contributed by atoms with E-state index in [0.29, 0.717) is 0 Å². The van der Waals surface area contributed by atoms with Crippen molar-refractivity contribution in [3.63, 3.8) is 0 Å². The van der Waals surface area contributed by atoms with Crippen molar-refractivity contribution >= 4 is 27.2 Å². The highest BCUT2D eigenvalue weighted by molar-refractivity contribution is 7.19. The monoisotopic (exact) mass is 475 g/mol. The van der Waals surface area contributed by atoms with Gasteiger partial charge in [-0.25, -0.2) is 4.98 Å². The smallest absolute Gasteiger partial charge is 0.259 e. The Morgan fingerprint density at radius 1 is 1.12 bits per heavy atom. The molecule has 3 aromatic rings. The van der Waals surface area contributed by atoms with Gasteiger partial charge in [0.1, 0.15) is 5.82 Å². The van der Waals surface area contributed by atoms with E-state index in [1.807, 2.05) is 19.4 Å². The van der Waals surface area contributed by atoms with Gasteiger partial charge >= 0.3 is 0 Å². The molecule has 0 spiro atoms. The molecule has 34 heavy (non-hydrogen) atoms. The van der Waals surface area contributed by atoms with Crippen LogP contribution >= 0.6 is 11.3 Å². The van der Waals surface area contributed by atoms with Crippen LogP contribution in [0.2, 0.25) is 0 Å². The van der Waals surface area contributed by atoms with Gasteiger partial charge in [0.2, 0.25) is 0 Å². The standard InChI is InChI=1S/C27H33N5OS/c1-19-5-6-20(19)8-10-30(3)25-15-21(7-9-28-25)24-18-31(4)27(33)23-16-22(34-26(23)24)17-32-13-11-29(2)12-14-32/h5-7,9,15-16,18H,8,10-14,17H2,1-4H3. The summed E-state index contributed by atoms with van der Waals surface area (Å²) in [6.07, 6.45) is 9.25. The van der Waals surface area contributed by atoms with E-state index >= 15 is 0 Å². The number of piperazine rings is 1. The molecule has 0 amide bonds. The van der Waals surface area contributed by atoms with Gasteiger partial charge in [-0.1, -0.05) is 12.2 Å². The summed E-state index contributed by atoms with van der Waals surface area (Å²) in [5.41, 5.74) is 5.08. The number of hydrogen-bond donors (Lipinski definition) is 0. The summed E-state index contributed by atoms with van der Waals surface area (Å²) >= 11 is 1.76. The summed E-state index contributed by atoms with van der Waals surface area (Å²) < 4.78 is 2.79. The van der Waals surface area contributed by atoms with Gasteiger partial charge in [-0.05, 0) is 55.3 Å². The Bertz CT molecular complexity index is 1330. The molecule has 1 fully saturated rings. The summed E-state index contributed by atoms with van der Waals surface area (Å²) in [5, 5.41) is 0.819. The van der Waals surface area contributed by atoms with Crippen LogP contribution in [0.4, 0.5) is 5.82 Å². The summed E-state index contributed by atoms with van der Waals surface area (Å²) in [4.78, 5) is 25.9. The molecule has 0 radical (unpaired) electrons. The van der Waals surface area contributed by atoms with E-state index in [1.54, 1.807) is 15.9 Å². The van der Waals surface area contributed by atoms with Crippen molar-refractivity contribution in [3.8, 4) is 11.1 Å². The Morgan fingerprint density at radius 2 is 1.91 bits per heavy atom. The van der Waals surface area contributed by atoms with Crippen molar-refractivity contribution in [2.45, 2.75) is 19.9 Å². The lowest BCUT2D eigenvalue weighted by Gasteiger charge is -2.31. The Kier molecular flexibility index (Phi) is 6.42. The second-order valence-electron chi connectivity index (χ2n) is 9.61. The summed E-state index contributed by atoms with van der Waals surface area (Å²) in [6.45, 7) is 8.33. The van der Waals surface area contributed by atoms with Crippen LogP contribution in [-0.2, 0) is 13.6 Å². The van der Waals surface area contributed by atoms with Crippen LogP contribution in [0.15, 0.2) is 58.7 Å². The summed E-state index contributed by atoms with van der Waals surface area (Å²) in [5.74, 6) is 0.954. The Morgan fingerprint density at radius 3 is 2.62 bits per heavy atom. The summed E-state index contributed by atoms with van der Waals surface area (Å²) in [7, 11) is 6.12. The molecule has 3 aromatic heterocycles. The molecule has 0 aromatic carbocycles. The third kappa shape index (κ3) is 4.60. The normalized spacial score (nSPS) is 16.9. The first kappa shape index (κ1) is 23.0. The molecule has 0 atom stereocenters. The number of allylic oxidation sites excluding steroid dienone is 3. The minimum absolute atomic E-state index is 0.0724. The predicted molar refractivity (Wildman–Crippen MR) is 143 cm³/mol. The van der Waals surface area contributed by atoms with Crippen LogP contribution in [0.3, 0.4) is 0 Å². The van der Waals surface area contributed by atoms with Gasteiger partial charge in [0.05, 0.1) is 5.39 Å². The van der Waals surface area contributed by atoms with E-state index in [4.69, 9.17) is 0 Å². The third-order valence-electron chi connectivity index (χ3n) is 7.08. The SMILES string of the molecule is CC1=C(CCN(C)c2cc(-c3cn(C)c(=O)c4cc(CN5CCN(C)CC5)sc34)ccn2)C=C1. The Hall–Kier alpha value is -2.74. The van der Waals surface area contributed by atoms with Crippen molar-refractivity contribution in [2.75, 3.05) is 51.7 Å². The topological polar surface area (TPSA) is 44.6 Å². The van der Waals surface area contributed by atoms with Gasteiger partial charge in [-0.2, -0.15) is 0 Å². The van der Waals surface area contributed by atoms with E-state index in [1.165, 1.54) is 16.0 Å². The van der Waals surface area contributed by atoms with Crippen LogP contribution in [0.1, 0.15) is 18.2 Å². The van der Waals surface area contributed by atoms with E-state index in [0.717, 1.165) is 72.7 Å². The number of aryl methyl sites for hydroxylation is 1. The van der Waals surface area contributed by atoms with Crippen molar-refractivity contribution in [2.24, 2.45) is 7.05 Å². The van der Waals surface area contributed by atoms with Crippen LogP contribution < -0.4 is 10.5 Å². The maximum atomic E-state index is 13.0. The second-order valence-corrected chi connectivity index (χ2v) is 10.7. The zero-order valence-electron chi connectivity index (χ0n) is 20.5. The maximum absolute atomic E-state index is 13.0. The number of aromatic nitrogens is 2. The third-order valence-corrected chi connectivity index (χ3v) is 8.23. The first-order chi connectivity index (χ1) is 16.4. The molecule has 0 bridgehead atoms. The lowest BCUT2D eigenvalue weighted by Crippen LogP contribution is -2.43. The predicted octanol–water partition coefficient (Wildman–Crippen LogP) is 4.12. The van der Waals surface area contributed by atoms with Crippen molar-refractivity contribution in [3.05, 3.63) is 69.1 Å². The lowest BCUT2D eigenvalue weighted by atomic mass is 9.97. The molecule has 2 aliphatic rings. The fourth-order valence-corrected chi connectivity index (χ4v) is 5.88. The van der Waals surface area contributed by atoms with Crippen LogP contribution in [0.25, 0.3) is 21.2 Å². The molecule has 5 rings (SSSR count). The molecule has 0 saturated carbocycles. The van der Waals surface area contributed by atoms with Gasteiger partial charge in [0.15, 0.2) is 0 Å². The van der Waals surface area contributed by atoms with Crippen molar-refractivity contribution < 1.29 is 0 Å². The highest BCUT2D eigenvalue weighted by atomic mass is 32.1. The number of hydrogen-bond acceptors (Lipinski definition) is 6. The number of pyridine rings is 2. The minimum atomic E-state index is 0.0724. The molecular formula is C27H33N5OS. The molecule has 1 aliphatic carbocycles. The van der Waals surface area contributed by atoms with Gasteiger partial charge in [0, 0.05) is 80.9 Å². The van der Waals surface area contributed by atoms with E-state index < -0.39 is 0 Å². The highest BCUT2D eigenvalue weighted by Gasteiger charge is 2.18. The highest BCUT2D eigenvalue weighted by Crippen LogP contribution is 2.35. The molecular weight excluding hydrogens is 442 g/mol. The molecule has 0 N–H and O–H groups in total. The van der Waals surface area contributed by atoms with E-state index in [-0.39, 0.29) is 5.56 Å². The Labute approximate surface area is 205 Å². The molecule has 1 saturated heterocycles. The molecule has 6 nitrogen and oxygen atoms in total. The van der Waals surface area contributed by atoms with E-state index in [2.05, 4.69) is 71.1 Å². The second kappa shape index (κ2) is 9.49. The van der Waals surface area contributed by atoms with Gasteiger partial charge in [-0.15, -0.1) is 11.3 Å². The van der Waals surface area contributed by atoms with Crippen LogP contribution in [0.5, 0.6) is 0 Å². The van der Waals surface area contributed by atoms with Crippen LogP contribution in [0, 0.1) is 0 Å². The number of likely N-dealkylation sites (N-methyl/N-ethyl adjacent to an activating group) is 1. The largest absolute Gasteiger partial charge is 0.359 e. The lowest BCUT2D eigenvalue weighted by molar-refractivity contribution is 0.149. The number of nitrogens with zero attached hydrogens (tertiary/aromatic N) is 5. The van der Waals surface area contributed by atoms with Gasteiger partial charge in [0.25, 0.3) is 5.56 Å². The average molecular weight is 476 g/mol. The minimum Gasteiger partial charge on any atom is -0.359 e. The Balaban J connectivity index is 1.43. The fraction of sp³-hybridized carbons (Fsp3) is 0.407. The molecule has 7 heteroatoms. The maximum Gasteiger partial charge on any atom is 0.259 e. The zero-order chi connectivity index (χ0) is 23.8. The summed E-state index contributed by atoms with van der Waals surface area (Å²) in [6, 6.07) is 6.31. The molecule has 4 heterocycles. The van der Waals surface area contributed by atoms with E-state index in [9.17, 15) is 4.79 Å². The first-order valence-electron chi connectivity index (χ1n) is 12.0. The number of rotatable bonds is 7. The fourth-order valence-electron chi connectivity index (χ4n) is 4.66. The average Bonchev–Trinajstić information content (AvgIpc) is 3.26.